The molecular formula is C16H13Cl2NO2. The van der Waals surface area contributed by atoms with Gasteiger partial charge < -0.3 is 0 Å². The van der Waals surface area contributed by atoms with Crippen molar-refractivity contribution in [3.05, 3.63) is 50.5 Å². The first-order valence-corrected chi connectivity index (χ1v) is 7.56. The molecule has 5 heteroatoms. The normalized spacial score (nSPS) is 20.6. The topological polar surface area (TPSA) is 46.2 Å². The van der Waals surface area contributed by atoms with Crippen LogP contribution in [0.15, 0.2) is 34.9 Å². The Labute approximate surface area is 132 Å². The first-order chi connectivity index (χ1) is 10.1. The summed E-state index contributed by atoms with van der Waals surface area (Å²) in [5.74, 6) is -0.610. The van der Waals surface area contributed by atoms with Crippen molar-refractivity contribution in [3.8, 4) is 0 Å². The van der Waals surface area contributed by atoms with Crippen molar-refractivity contribution in [2.75, 3.05) is 0 Å². The Morgan fingerprint density at radius 1 is 1.00 bits per heavy atom. The van der Waals surface area contributed by atoms with E-state index in [1.54, 1.807) is 24.3 Å². The monoisotopic (exact) mass is 321 g/mol. The van der Waals surface area contributed by atoms with Crippen LogP contribution in [0.5, 0.6) is 0 Å². The molecule has 2 aliphatic rings. The maximum atomic E-state index is 12.1. The Balaban J connectivity index is 2.10. The molecular weight excluding hydrogens is 309 g/mol. The highest BCUT2D eigenvalue weighted by molar-refractivity contribution is 6.35. The smallest absolute Gasteiger partial charge is 0.258 e. The zero-order valence-corrected chi connectivity index (χ0v) is 12.7. The van der Waals surface area contributed by atoms with Crippen LogP contribution in [-0.4, -0.2) is 11.8 Å². The summed E-state index contributed by atoms with van der Waals surface area (Å²) < 4.78 is 0. The predicted octanol–water partition coefficient (Wildman–Crippen LogP) is 3.90. The fourth-order valence-electron chi connectivity index (χ4n) is 2.76. The molecule has 0 bridgehead atoms. The third-order valence-corrected chi connectivity index (χ3v) is 4.36. The second kappa shape index (κ2) is 5.66. The van der Waals surface area contributed by atoms with Crippen molar-refractivity contribution in [2.45, 2.75) is 25.7 Å². The molecule has 1 aromatic carbocycles. The third-order valence-electron chi connectivity index (χ3n) is 3.80. The van der Waals surface area contributed by atoms with Gasteiger partial charge in [-0.25, -0.2) is 0 Å². The maximum absolute atomic E-state index is 12.1. The summed E-state index contributed by atoms with van der Waals surface area (Å²) in [6, 6.07) is 5.13. The van der Waals surface area contributed by atoms with Gasteiger partial charge in [-0.3, -0.25) is 14.9 Å². The van der Waals surface area contributed by atoms with Crippen LogP contribution in [0.25, 0.3) is 6.08 Å². The molecule has 0 radical (unpaired) electrons. The predicted molar refractivity (Wildman–Crippen MR) is 83.1 cm³/mol. The summed E-state index contributed by atoms with van der Waals surface area (Å²) in [6.07, 6.45) is 5.19. The van der Waals surface area contributed by atoms with E-state index in [1.807, 2.05) is 0 Å². The minimum absolute atomic E-state index is 0.256. The summed E-state index contributed by atoms with van der Waals surface area (Å²) in [7, 11) is 0. The van der Waals surface area contributed by atoms with E-state index < -0.39 is 0 Å². The van der Waals surface area contributed by atoms with Crippen molar-refractivity contribution < 1.29 is 9.59 Å². The molecule has 1 heterocycles. The van der Waals surface area contributed by atoms with Crippen LogP contribution in [0.3, 0.4) is 0 Å². The van der Waals surface area contributed by atoms with Gasteiger partial charge in [0.2, 0.25) is 0 Å². The Morgan fingerprint density at radius 2 is 1.71 bits per heavy atom. The van der Waals surface area contributed by atoms with E-state index in [4.69, 9.17) is 23.2 Å². The van der Waals surface area contributed by atoms with Crippen LogP contribution >= 0.6 is 23.2 Å². The summed E-state index contributed by atoms with van der Waals surface area (Å²) >= 11 is 12.0. The van der Waals surface area contributed by atoms with E-state index in [9.17, 15) is 9.59 Å². The fourth-order valence-corrected chi connectivity index (χ4v) is 3.23. The molecule has 0 unspecified atom stereocenters. The number of imide groups is 1. The molecule has 0 aromatic heterocycles. The SMILES string of the molecule is O=C1NC(=O)/C(=C\c2ccc(Cl)cc2Cl)C2=C1CCCC2. The third kappa shape index (κ3) is 2.76. The van der Waals surface area contributed by atoms with Gasteiger partial charge in [-0.1, -0.05) is 29.3 Å². The molecule has 0 spiro atoms. The zero-order chi connectivity index (χ0) is 15.0. The van der Waals surface area contributed by atoms with Crippen molar-refractivity contribution >= 4 is 41.1 Å². The highest BCUT2D eigenvalue weighted by Crippen LogP contribution is 2.34. The number of carbonyl (C=O) groups is 2. The van der Waals surface area contributed by atoms with Gasteiger partial charge in [0.15, 0.2) is 0 Å². The number of nitrogens with one attached hydrogen (secondary N) is 1. The molecule has 0 saturated carbocycles. The van der Waals surface area contributed by atoms with E-state index in [1.165, 1.54) is 0 Å². The van der Waals surface area contributed by atoms with Gasteiger partial charge in [0.1, 0.15) is 0 Å². The summed E-state index contributed by atoms with van der Waals surface area (Å²) in [6.45, 7) is 0. The molecule has 0 atom stereocenters. The molecule has 3 rings (SSSR count). The second-order valence-corrected chi connectivity index (χ2v) is 6.01. The number of hydrogen-bond acceptors (Lipinski definition) is 2. The molecule has 1 aliphatic carbocycles. The zero-order valence-electron chi connectivity index (χ0n) is 11.2. The van der Waals surface area contributed by atoms with Crippen LogP contribution in [0.1, 0.15) is 31.2 Å². The molecule has 1 aromatic rings. The molecule has 1 aliphatic heterocycles. The van der Waals surface area contributed by atoms with Gasteiger partial charge in [0.05, 0.1) is 0 Å². The summed E-state index contributed by atoms with van der Waals surface area (Å²) in [4.78, 5) is 24.0. The van der Waals surface area contributed by atoms with Crippen LogP contribution in [-0.2, 0) is 9.59 Å². The number of benzene rings is 1. The number of halogens is 2. The number of amides is 2. The van der Waals surface area contributed by atoms with E-state index >= 15 is 0 Å². The Hall–Kier alpha value is -1.58. The first kappa shape index (κ1) is 14.4. The van der Waals surface area contributed by atoms with Crippen LogP contribution in [0, 0.1) is 0 Å². The lowest BCUT2D eigenvalue weighted by Gasteiger charge is -2.25. The minimum atomic E-state index is -0.355. The lowest BCUT2D eigenvalue weighted by Crippen LogP contribution is -2.39. The summed E-state index contributed by atoms with van der Waals surface area (Å²) in [5, 5.41) is 3.43. The largest absolute Gasteiger partial charge is 0.288 e. The lowest BCUT2D eigenvalue weighted by molar-refractivity contribution is -0.127. The van der Waals surface area contributed by atoms with Gasteiger partial charge in [-0.2, -0.15) is 0 Å². The Kier molecular flexibility index (Phi) is 3.87. The second-order valence-electron chi connectivity index (χ2n) is 5.17. The Morgan fingerprint density at radius 3 is 2.43 bits per heavy atom. The van der Waals surface area contributed by atoms with Gasteiger partial charge in [0.25, 0.3) is 11.8 Å². The average Bonchev–Trinajstić information content (AvgIpc) is 2.45. The van der Waals surface area contributed by atoms with Crippen molar-refractivity contribution in [1.29, 1.82) is 0 Å². The van der Waals surface area contributed by atoms with E-state index in [0.717, 1.165) is 42.4 Å². The molecule has 108 valence electrons. The first-order valence-electron chi connectivity index (χ1n) is 6.81. The van der Waals surface area contributed by atoms with Crippen LogP contribution in [0.4, 0.5) is 0 Å². The molecule has 3 nitrogen and oxygen atoms in total. The van der Waals surface area contributed by atoms with E-state index in [0.29, 0.717) is 15.6 Å². The minimum Gasteiger partial charge on any atom is -0.288 e. The van der Waals surface area contributed by atoms with Gasteiger partial charge in [-0.15, -0.1) is 0 Å². The van der Waals surface area contributed by atoms with Gasteiger partial charge in [0, 0.05) is 21.2 Å². The van der Waals surface area contributed by atoms with Crippen molar-refractivity contribution in [2.24, 2.45) is 0 Å². The van der Waals surface area contributed by atoms with E-state index in [2.05, 4.69) is 5.32 Å². The molecule has 0 saturated heterocycles. The molecule has 1 N–H and O–H groups in total. The molecule has 21 heavy (non-hydrogen) atoms. The van der Waals surface area contributed by atoms with Crippen molar-refractivity contribution in [3.63, 3.8) is 0 Å². The maximum Gasteiger partial charge on any atom is 0.258 e. The number of carbonyl (C=O) groups excluding carboxylic acids is 2. The lowest BCUT2D eigenvalue weighted by atomic mass is 9.83. The van der Waals surface area contributed by atoms with Crippen LogP contribution < -0.4 is 5.32 Å². The van der Waals surface area contributed by atoms with Crippen molar-refractivity contribution in [1.82, 2.24) is 5.32 Å². The standard InChI is InChI=1S/C16H13Cl2NO2/c17-10-6-5-9(14(18)8-10)7-13-11-3-1-2-4-12(11)15(20)19-16(13)21/h5-8H,1-4H2,(H,19,20,21)/b13-7-. The number of rotatable bonds is 1. The fraction of sp³-hybridized carbons (Fsp3) is 0.250. The van der Waals surface area contributed by atoms with E-state index in [-0.39, 0.29) is 11.8 Å². The molecule has 2 amide bonds. The highest BCUT2D eigenvalue weighted by Gasteiger charge is 2.31. The average molecular weight is 322 g/mol. The summed E-state index contributed by atoms with van der Waals surface area (Å²) in [5.41, 5.74) is 2.85. The molecule has 0 fully saturated rings. The number of hydrogen-bond donors (Lipinski definition) is 1. The van der Waals surface area contributed by atoms with Gasteiger partial charge in [-0.05, 0) is 55.0 Å². The van der Waals surface area contributed by atoms with Crippen LogP contribution in [0.2, 0.25) is 10.0 Å². The quantitative estimate of drug-likeness (QED) is 0.629. The Bertz CT molecular complexity index is 704. The van der Waals surface area contributed by atoms with Gasteiger partial charge >= 0.3 is 0 Å². The highest BCUT2D eigenvalue weighted by atomic mass is 35.5.